The third kappa shape index (κ3) is 2.84. The van der Waals surface area contributed by atoms with Gasteiger partial charge in [0.05, 0.1) is 22.3 Å². The van der Waals surface area contributed by atoms with Crippen molar-refractivity contribution in [2.75, 3.05) is 26.2 Å². The third-order valence-electron chi connectivity index (χ3n) is 4.77. The molecule has 2 fully saturated rings. The summed E-state index contributed by atoms with van der Waals surface area (Å²) in [5, 5.41) is 0. The Kier molecular flexibility index (Phi) is 4.10. The number of ether oxygens (including phenoxy) is 1. The van der Waals surface area contributed by atoms with Crippen molar-refractivity contribution in [2.45, 2.75) is 25.3 Å². The van der Waals surface area contributed by atoms with Crippen LogP contribution in [0.15, 0.2) is 23.7 Å². The van der Waals surface area contributed by atoms with Crippen molar-refractivity contribution in [3.05, 3.63) is 29.3 Å². The van der Waals surface area contributed by atoms with Gasteiger partial charge in [-0.05, 0) is 37.5 Å². The zero-order valence-electron chi connectivity index (χ0n) is 13.3. The lowest BCUT2D eigenvalue weighted by Gasteiger charge is -2.39. The average Bonchev–Trinajstić information content (AvgIpc) is 3.09. The van der Waals surface area contributed by atoms with Crippen LogP contribution in [0.25, 0.3) is 10.2 Å². The van der Waals surface area contributed by atoms with Crippen molar-refractivity contribution in [1.82, 2.24) is 14.8 Å². The van der Waals surface area contributed by atoms with E-state index >= 15 is 0 Å². The summed E-state index contributed by atoms with van der Waals surface area (Å²) in [6.45, 7) is 2.63. The summed E-state index contributed by atoms with van der Waals surface area (Å²) in [5.41, 5.74) is 3.43. The number of nitrogens with zero attached hydrogens (tertiary/aromatic N) is 3. The van der Waals surface area contributed by atoms with Crippen LogP contribution in [0.3, 0.4) is 0 Å². The van der Waals surface area contributed by atoms with Gasteiger partial charge in [0.2, 0.25) is 0 Å². The van der Waals surface area contributed by atoms with Crippen LogP contribution in [0.5, 0.6) is 0 Å². The minimum atomic E-state index is -0.207. The van der Waals surface area contributed by atoms with E-state index in [2.05, 4.69) is 4.98 Å². The van der Waals surface area contributed by atoms with Crippen molar-refractivity contribution < 1.29 is 14.3 Å². The third-order valence-corrected chi connectivity index (χ3v) is 5.57. The van der Waals surface area contributed by atoms with Gasteiger partial charge < -0.3 is 14.5 Å². The number of hydrogen-bond acceptors (Lipinski definition) is 5. The lowest BCUT2D eigenvalue weighted by Crippen LogP contribution is -2.50. The molecule has 0 spiro atoms. The largest absolute Gasteiger partial charge is 0.449 e. The van der Waals surface area contributed by atoms with E-state index in [9.17, 15) is 9.59 Å². The fourth-order valence-corrected chi connectivity index (χ4v) is 4.17. The predicted octanol–water partition coefficient (Wildman–Crippen LogP) is 2.74. The highest BCUT2D eigenvalue weighted by Crippen LogP contribution is 2.23. The fraction of sp³-hybridized carbons (Fsp3) is 0.471. The van der Waals surface area contributed by atoms with Crippen LogP contribution in [0.2, 0.25) is 0 Å². The topological polar surface area (TPSA) is 62.7 Å². The summed E-state index contributed by atoms with van der Waals surface area (Å²) >= 11 is 1.55. The van der Waals surface area contributed by atoms with Crippen molar-refractivity contribution in [3.63, 3.8) is 0 Å². The summed E-state index contributed by atoms with van der Waals surface area (Å²) < 4.78 is 6.16. The Bertz CT molecular complexity index is 767. The van der Waals surface area contributed by atoms with E-state index in [1.54, 1.807) is 16.8 Å². The van der Waals surface area contributed by atoms with Crippen molar-refractivity contribution in [2.24, 2.45) is 0 Å². The van der Waals surface area contributed by atoms with Gasteiger partial charge in [-0.25, -0.2) is 9.78 Å². The number of piperidine rings is 1. The molecule has 0 saturated carbocycles. The highest BCUT2D eigenvalue weighted by Gasteiger charge is 2.32. The molecule has 1 aromatic heterocycles. The molecule has 0 unspecified atom stereocenters. The average molecular weight is 345 g/mol. The van der Waals surface area contributed by atoms with Gasteiger partial charge in [0.25, 0.3) is 5.91 Å². The number of cyclic esters (lactones) is 1. The molecule has 126 valence electrons. The number of hydrogen-bond donors (Lipinski definition) is 0. The Hall–Kier alpha value is -2.15. The number of aromatic nitrogens is 1. The van der Waals surface area contributed by atoms with Crippen LogP contribution in [-0.4, -0.2) is 59.1 Å². The Morgan fingerprint density at radius 2 is 2.08 bits per heavy atom. The number of rotatable bonds is 2. The number of fused-ring (bicyclic) bond motifs is 1. The lowest BCUT2D eigenvalue weighted by atomic mass is 10.0. The van der Waals surface area contributed by atoms with E-state index in [4.69, 9.17) is 4.74 Å². The number of likely N-dealkylation sites (tertiary alicyclic amines) is 1. The summed E-state index contributed by atoms with van der Waals surface area (Å²) in [5.74, 6) is 0.0602. The second-order valence-corrected chi connectivity index (χ2v) is 7.11. The summed E-state index contributed by atoms with van der Waals surface area (Å²) in [6, 6.07) is 5.85. The van der Waals surface area contributed by atoms with E-state index in [-0.39, 0.29) is 18.0 Å². The zero-order valence-corrected chi connectivity index (χ0v) is 14.1. The number of carbonyl (C=O) groups excluding carboxylic acids is 2. The quantitative estimate of drug-likeness (QED) is 0.840. The van der Waals surface area contributed by atoms with Crippen LogP contribution >= 0.6 is 11.3 Å². The van der Waals surface area contributed by atoms with E-state index < -0.39 is 0 Å². The van der Waals surface area contributed by atoms with Gasteiger partial charge in [-0.2, -0.15) is 0 Å². The van der Waals surface area contributed by atoms with E-state index in [0.717, 1.165) is 36.0 Å². The maximum absolute atomic E-state index is 12.7. The summed E-state index contributed by atoms with van der Waals surface area (Å²) in [6.07, 6.45) is 2.30. The minimum absolute atomic E-state index is 0.0602. The zero-order chi connectivity index (χ0) is 16.5. The normalized spacial score (nSPS) is 19.6. The molecular weight excluding hydrogens is 326 g/mol. The Morgan fingerprint density at radius 1 is 1.25 bits per heavy atom. The predicted molar refractivity (Wildman–Crippen MR) is 91.2 cm³/mol. The molecule has 0 radical (unpaired) electrons. The molecule has 2 amide bonds. The molecule has 24 heavy (non-hydrogen) atoms. The Morgan fingerprint density at radius 3 is 2.88 bits per heavy atom. The number of benzene rings is 1. The number of carbonyl (C=O) groups is 2. The minimum Gasteiger partial charge on any atom is -0.449 e. The Balaban J connectivity index is 1.41. The van der Waals surface area contributed by atoms with Crippen molar-refractivity contribution in [1.29, 1.82) is 0 Å². The first-order valence-electron chi connectivity index (χ1n) is 8.28. The molecular formula is C17H19N3O3S. The van der Waals surface area contributed by atoms with Crippen molar-refractivity contribution in [3.8, 4) is 0 Å². The van der Waals surface area contributed by atoms with Gasteiger partial charge in [0.15, 0.2) is 0 Å². The molecule has 0 N–H and O–H groups in total. The lowest BCUT2D eigenvalue weighted by molar-refractivity contribution is 0.0357. The van der Waals surface area contributed by atoms with Crippen LogP contribution in [0.1, 0.15) is 29.6 Å². The number of amides is 2. The van der Waals surface area contributed by atoms with Crippen LogP contribution < -0.4 is 0 Å². The van der Waals surface area contributed by atoms with Gasteiger partial charge >= 0.3 is 6.09 Å². The van der Waals surface area contributed by atoms with Crippen LogP contribution in [0.4, 0.5) is 4.79 Å². The molecule has 2 aliphatic heterocycles. The highest BCUT2D eigenvalue weighted by molar-refractivity contribution is 7.16. The Labute approximate surface area is 144 Å². The molecule has 0 bridgehead atoms. The summed E-state index contributed by atoms with van der Waals surface area (Å²) in [4.78, 5) is 32.5. The smallest absolute Gasteiger partial charge is 0.410 e. The summed E-state index contributed by atoms with van der Waals surface area (Å²) in [7, 11) is 0. The second-order valence-electron chi connectivity index (χ2n) is 6.22. The first kappa shape index (κ1) is 15.4. The van der Waals surface area contributed by atoms with E-state index in [1.165, 1.54) is 0 Å². The molecule has 2 saturated heterocycles. The van der Waals surface area contributed by atoms with Gasteiger partial charge in [0.1, 0.15) is 0 Å². The molecule has 0 atom stereocenters. The van der Waals surface area contributed by atoms with E-state index in [1.807, 2.05) is 28.0 Å². The molecule has 2 aromatic rings. The standard InChI is InChI=1S/C17H19N3O3S/c21-16(12-2-3-14-15(10-12)24-11-18-14)19-7-4-13(5-8-19)20-6-1-9-23-17(20)22/h2-3,10-11,13H,1,4-9H2. The van der Waals surface area contributed by atoms with Crippen LogP contribution in [0, 0.1) is 0 Å². The van der Waals surface area contributed by atoms with E-state index in [0.29, 0.717) is 25.3 Å². The fourth-order valence-electron chi connectivity index (χ4n) is 3.45. The molecule has 0 aliphatic carbocycles. The molecule has 2 aliphatic rings. The monoisotopic (exact) mass is 345 g/mol. The molecule has 7 heteroatoms. The van der Waals surface area contributed by atoms with Crippen LogP contribution in [-0.2, 0) is 4.74 Å². The molecule has 3 heterocycles. The first-order valence-corrected chi connectivity index (χ1v) is 9.16. The second kappa shape index (κ2) is 6.39. The molecule has 1 aromatic carbocycles. The molecule has 6 nitrogen and oxygen atoms in total. The maximum atomic E-state index is 12.7. The molecule has 4 rings (SSSR count). The number of thiazole rings is 1. The van der Waals surface area contributed by atoms with Crippen molar-refractivity contribution >= 4 is 33.6 Å². The van der Waals surface area contributed by atoms with Gasteiger partial charge in [-0.1, -0.05) is 0 Å². The van der Waals surface area contributed by atoms with Gasteiger partial charge in [-0.15, -0.1) is 11.3 Å². The van der Waals surface area contributed by atoms with Gasteiger partial charge in [-0.3, -0.25) is 4.79 Å². The SMILES string of the molecule is O=C(c1ccc2ncsc2c1)N1CCC(N2CCCOC2=O)CC1. The van der Waals surface area contributed by atoms with Gasteiger partial charge in [0, 0.05) is 31.2 Å². The maximum Gasteiger partial charge on any atom is 0.410 e. The first-order chi connectivity index (χ1) is 11.7. The highest BCUT2D eigenvalue weighted by atomic mass is 32.1.